The predicted octanol–water partition coefficient (Wildman–Crippen LogP) is 3.72. The summed E-state index contributed by atoms with van der Waals surface area (Å²) >= 11 is 12.3. The molecule has 0 saturated carbocycles. The van der Waals surface area contributed by atoms with Gasteiger partial charge in [-0.15, -0.1) is 11.3 Å². The molecule has 2 aromatic rings. The zero-order valence-electron chi connectivity index (χ0n) is 10.6. The fourth-order valence-corrected chi connectivity index (χ4v) is 2.92. The largest absolute Gasteiger partial charge is 0.393 e. The quantitative estimate of drug-likeness (QED) is 0.852. The van der Waals surface area contributed by atoms with Gasteiger partial charge in [-0.25, -0.2) is 0 Å². The summed E-state index contributed by atoms with van der Waals surface area (Å²) in [5, 5.41) is 2.27. The lowest BCUT2D eigenvalue weighted by atomic mass is 10.2. The van der Waals surface area contributed by atoms with Gasteiger partial charge < -0.3 is 10.6 Å². The monoisotopic (exact) mass is 324 g/mol. The molecule has 0 atom stereocenters. The van der Waals surface area contributed by atoms with Gasteiger partial charge in [-0.05, 0) is 23.6 Å². The molecule has 2 rings (SSSR count). The number of amides is 1. The number of hydrogen-bond acceptors (Lipinski definition) is 3. The van der Waals surface area contributed by atoms with E-state index in [1.165, 1.54) is 11.3 Å². The highest BCUT2D eigenvalue weighted by atomic mass is 35.5. The molecule has 3 nitrogen and oxygen atoms in total. The van der Waals surface area contributed by atoms with Crippen LogP contribution in [0.5, 0.6) is 0 Å². The Kier molecular flexibility index (Phi) is 5.11. The first-order chi connectivity index (χ1) is 9.59. The lowest BCUT2D eigenvalue weighted by Gasteiger charge is -2.22. The summed E-state index contributed by atoms with van der Waals surface area (Å²) in [7, 11) is 0. The van der Waals surface area contributed by atoms with Crippen LogP contribution in [0, 0.1) is 0 Å². The maximum absolute atomic E-state index is 12.6. The molecule has 0 unspecified atom stereocenters. The molecule has 0 aliphatic carbocycles. The minimum absolute atomic E-state index is 0.132. The van der Waals surface area contributed by atoms with Crippen LogP contribution in [0.15, 0.2) is 41.8 Å². The van der Waals surface area contributed by atoms with Crippen molar-refractivity contribution in [2.75, 3.05) is 11.4 Å². The average molecular weight is 325 g/mol. The number of thiophene rings is 1. The van der Waals surface area contributed by atoms with Gasteiger partial charge in [-0.1, -0.05) is 42.0 Å². The molecule has 0 spiro atoms. The highest BCUT2D eigenvalue weighted by Gasteiger charge is 2.21. The van der Waals surface area contributed by atoms with Crippen molar-refractivity contribution in [3.8, 4) is 0 Å². The number of nitrogens with zero attached hydrogens (tertiary/aromatic N) is 1. The van der Waals surface area contributed by atoms with Crippen LogP contribution in [0.3, 0.4) is 0 Å². The van der Waals surface area contributed by atoms with Gasteiger partial charge in [0.2, 0.25) is 0 Å². The van der Waals surface area contributed by atoms with E-state index >= 15 is 0 Å². The first-order valence-electron chi connectivity index (χ1n) is 5.98. The Morgan fingerprint density at radius 1 is 1.30 bits per heavy atom. The number of rotatable bonds is 5. The molecule has 0 saturated heterocycles. The van der Waals surface area contributed by atoms with E-state index in [-0.39, 0.29) is 5.91 Å². The van der Waals surface area contributed by atoms with E-state index in [2.05, 4.69) is 0 Å². The lowest BCUT2D eigenvalue weighted by Crippen LogP contribution is -2.33. The molecule has 20 heavy (non-hydrogen) atoms. The molecule has 0 aliphatic rings. The van der Waals surface area contributed by atoms with Crippen LogP contribution in [-0.2, 0) is 0 Å². The first kappa shape index (κ1) is 15.0. The van der Waals surface area contributed by atoms with Crippen molar-refractivity contribution < 1.29 is 4.79 Å². The molecule has 1 amide bonds. The smallest absolute Gasteiger partial charge is 0.269 e. The van der Waals surface area contributed by atoms with Gasteiger partial charge in [0.05, 0.1) is 10.0 Å². The normalized spacial score (nSPS) is 10.2. The number of para-hydroxylation sites is 1. The highest BCUT2D eigenvalue weighted by Crippen LogP contribution is 2.26. The third kappa shape index (κ3) is 3.56. The molecule has 2 N–H and O–H groups in total. The zero-order chi connectivity index (χ0) is 14.5. The molecule has 0 radical (unpaired) electrons. The number of hydrogen-bond donors (Lipinski definition) is 1. The molecule has 104 valence electrons. The minimum atomic E-state index is -0.132. The van der Waals surface area contributed by atoms with Crippen molar-refractivity contribution in [2.45, 2.75) is 6.42 Å². The standard InChI is InChI=1S/C14H13ClN2OS2/c15-11-7-9-20-13(11)14(18)17(8-6-12(16)19)10-4-2-1-3-5-10/h1-5,7,9H,6,8H2,(H2,16,19). The van der Waals surface area contributed by atoms with Gasteiger partial charge in [-0.2, -0.15) is 0 Å². The molecule has 0 fully saturated rings. The Morgan fingerprint density at radius 2 is 2.00 bits per heavy atom. The van der Waals surface area contributed by atoms with Gasteiger partial charge in [0.15, 0.2) is 0 Å². The Morgan fingerprint density at radius 3 is 2.55 bits per heavy atom. The van der Waals surface area contributed by atoms with E-state index in [9.17, 15) is 4.79 Å². The Balaban J connectivity index is 2.29. The van der Waals surface area contributed by atoms with Crippen LogP contribution in [0.4, 0.5) is 5.69 Å². The molecule has 0 bridgehead atoms. The SMILES string of the molecule is NC(=S)CCN(C(=O)c1sccc1Cl)c1ccccc1. The summed E-state index contributed by atoms with van der Waals surface area (Å²) in [5.74, 6) is -0.132. The molecule has 6 heteroatoms. The Bertz CT molecular complexity index is 613. The fourth-order valence-electron chi connectivity index (χ4n) is 1.75. The number of nitrogens with two attached hydrogens (primary N) is 1. The summed E-state index contributed by atoms with van der Waals surface area (Å²) in [6.45, 7) is 0.437. The molecule has 1 heterocycles. The second kappa shape index (κ2) is 6.83. The third-order valence-electron chi connectivity index (χ3n) is 2.71. The number of anilines is 1. The molecule has 1 aromatic heterocycles. The first-order valence-corrected chi connectivity index (χ1v) is 7.64. The summed E-state index contributed by atoms with van der Waals surface area (Å²) in [6.07, 6.45) is 0.471. The van der Waals surface area contributed by atoms with E-state index in [1.54, 1.807) is 16.3 Å². The summed E-state index contributed by atoms with van der Waals surface area (Å²) in [4.78, 5) is 15.2. The zero-order valence-corrected chi connectivity index (χ0v) is 13.0. The fraction of sp³-hybridized carbons (Fsp3) is 0.143. The number of carbonyl (C=O) groups excluding carboxylic acids is 1. The molecule has 1 aromatic carbocycles. The topological polar surface area (TPSA) is 46.3 Å². The van der Waals surface area contributed by atoms with Crippen molar-refractivity contribution in [1.82, 2.24) is 0 Å². The van der Waals surface area contributed by atoms with Gasteiger partial charge in [0.25, 0.3) is 5.91 Å². The van der Waals surface area contributed by atoms with Crippen molar-refractivity contribution in [1.29, 1.82) is 0 Å². The lowest BCUT2D eigenvalue weighted by molar-refractivity contribution is 0.0991. The van der Waals surface area contributed by atoms with E-state index in [0.717, 1.165) is 5.69 Å². The van der Waals surface area contributed by atoms with Crippen LogP contribution in [0.2, 0.25) is 5.02 Å². The maximum Gasteiger partial charge on any atom is 0.269 e. The number of benzene rings is 1. The van der Waals surface area contributed by atoms with Crippen LogP contribution in [0.1, 0.15) is 16.1 Å². The number of halogens is 1. The molecule has 0 aliphatic heterocycles. The van der Waals surface area contributed by atoms with Crippen molar-refractivity contribution in [2.24, 2.45) is 5.73 Å². The van der Waals surface area contributed by atoms with E-state index in [0.29, 0.717) is 27.9 Å². The Hall–Kier alpha value is -1.43. The van der Waals surface area contributed by atoms with Gasteiger partial charge >= 0.3 is 0 Å². The van der Waals surface area contributed by atoms with E-state index in [4.69, 9.17) is 29.6 Å². The Labute approximate surface area is 132 Å². The third-order valence-corrected chi connectivity index (χ3v) is 4.24. The van der Waals surface area contributed by atoms with Gasteiger partial charge in [0, 0.05) is 18.7 Å². The minimum Gasteiger partial charge on any atom is -0.393 e. The maximum atomic E-state index is 12.6. The average Bonchev–Trinajstić information content (AvgIpc) is 2.86. The van der Waals surface area contributed by atoms with Gasteiger partial charge in [-0.3, -0.25) is 4.79 Å². The van der Waals surface area contributed by atoms with Gasteiger partial charge in [0.1, 0.15) is 4.88 Å². The van der Waals surface area contributed by atoms with E-state index < -0.39 is 0 Å². The van der Waals surface area contributed by atoms with Crippen molar-refractivity contribution in [3.63, 3.8) is 0 Å². The van der Waals surface area contributed by atoms with Crippen LogP contribution in [0.25, 0.3) is 0 Å². The van der Waals surface area contributed by atoms with Crippen LogP contribution >= 0.6 is 35.2 Å². The second-order valence-electron chi connectivity index (χ2n) is 4.11. The second-order valence-corrected chi connectivity index (χ2v) is 5.95. The molecular weight excluding hydrogens is 312 g/mol. The highest BCUT2D eigenvalue weighted by molar-refractivity contribution is 7.80. The summed E-state index contributed by atoms with van der Waals surface area (Å²) < 4.78 is 0. The summed E-state index contributed by atoms with van der Waals surface area (Å²) in [5.41, 5.74) is 6.34. The summed E-state index contributed by atoms with van der Waals surface area (Å²) in [6, 6.07) is 11.1. The number of carbonyl (C=O) groups is 1. The van der Waals surface area contributed by atoms with Crippen LogP contribution < -0.4 is 10.6 Å². The predicted molar refractivity (Wildman–Crippen MR) is 88.8 cm³/mol. The number of thiocarbonyl (C=S) groups is 1. The van der Waals surface area contributed by atoms with Crippen LogP contribution in [-0.4, -0.2) is 17.4 Å². The molecular formula is C14H13ClN2OS2. The van der Waals surface area contributed by atoms with Crippen molar-refractivity contribution >= 4 is 51.7 Å². The van der Waals surface area contributed by atoms with E-state index in [1.807, 2.05) is 30.3 Å². The van der Waals surface area contributed by atoms with Crippen molar-refractivity contribution in [3.05, 3.63) is 51.7 Å².